The Labute approximate surface area is 259 Å². The van der Waals surface area contributed by atoms with Crippen LogP contribution in [0.4, 0.5) is 0 Å². The minimum absolute atomic E-state index is 0.0229. The molecule has 2 saturated heterocycles. The van der Waals surface area contributed by atoms with Gasteiger partial charge in [-0.2, -0.15) is 0 Å². The molecule has 3 aromatic carbocycles. The predicted octanol–water partition coefficient (Wildman–Crippen LogP) is 6.02. The molecular formula is C35H39N3O4S. The van der Waals surface area contributed by atoms with Gasteiger partial charge in [0.1, 0.15) is 24.6 Å². The van der Waals surface area contributed by atoms with Crippen molar-refractivity contribution in [3.8, 4) is 0 Å². The van der Waals surface area contributed by atoms with E-state index in [-0.39, 0.29) is 36.4 Å². The highest BCUT2D eigenvalue weighted by Crippen LogP contribution is 2.40. The third-order valence-electron chi connectivity index (χ3n) is 8.42. The van der Waals surface area contributed by atoms with Crippen molar-refractivity contribution >= 4 is 17.4 Å². The summed E-state index contributed by atoms with van der Waals surface area (Å²) in [5.74, 6) is 0. The van der Waals surface area contributed by atoms with Crippen molar-refractivity contribution in [1.29, 1.82) is 0 Å². The van der Waals surface area contributed by atoms with Crippen LogP contribution >= 0.6 is 12.2 Å². The van der Waals surface area contributed by atoms with E-state index in [1.165, 1.54) is 0 Å². The lowest BCUT2D eigenvalue weighted by Crippen LogP contribution is -2.53. The molecule has 0 saturated carbocycles. The third kappa shape index (κ3) is 7.40. The maximum atomic E-state index is 6.80. The van der Waals surface area contributed by atoms with Gasteiger partial charge in [0, 0.05) is 30.9 Å². The van der Waals surface area contributed by atoms with Gasteiger partial charge in [-0.3, -0.25) is 9.47 Å². The maximum absolute atomic E-state index is 6.80. The van der Waals surface area contributed by atoms with Gasteiger partial charge in [-0.15, -0.1) is 0 Å². The van der Waals surface area contributed by atoms with E-state index in [0.29, 0.717) is 31.6 Å². The van der Waals surface area contributed by atoms with E-state index >= 15 is 0 Å². The molecule has 6 atom stereocenters. The van der Waals surface area contributed by atoms with Crippen LogP contribution in [0.1, 0.15) is 36.5 Å². The van der Waals surface area contributed by atoms with Crippen LogP contribution in [0.15, 0.2) is 110 Å². The van der Waals surface area contributed by atoms with Gasteiger partial charge < -0.3 is 18.9 Å². The van der Waals surface area contributed by atoms with Crippen LogP contribution in [-0.4, -0.2) is 62.7 Å². The lowest BCUT2D eigenvalue weighted by atomic mass is 9.93. The zero-order chi connectivity index (χ0) is 29.4. The van der Waals surface area contributed by atoms with Crippen LogP contribution in [-0.2, 0) is 38.8 Å². The Bertz CT molecular complexity index is 1410. The summed E-state index contributed by atoms with van der Waals surface area (Å²) in [6.45, 7) is 4.37. The number of fused-ring (bicyclic) bond motifs is 1. The fourth-order valence-electron chi connectivity index (χ4n) is 6.47. The molecule has 0 radical (unpaired) electrons. The number of hydrogen-bond acceptors (Lipinski definition) is 7. The molecule has 0 unspecified atom stereocenters. The maximum Gasteiger partial charge on any atom is 0.269 e. The molecule has 43 heavy (non-hydrogen) atoms. The first-order valence-electron chi connectivity index (χ1n) is 15.0. The molecule has 2 aliphatic heterocycles. The minimum atomic E-state index is -0.188. The van der Waals surface area contributed by atoms with Crippen molar-refractivity contribution in [2.24, 2.45) is 0 Å². The van der Waals surface area contributed by atoms with Crippen molar-refractivity contribution < 1.29 is 18.9 Å². The fourth-order valence-corrected chi connectivity index (χ4v) is 6.71. The van der Waals surface area contributed by atoms with Gasteiger partial charge in [0.15, 0.2) is 0 Å². The summed E-state index contributed by atoms with van der Waals surface area (Å²) >= 11 is 5.62. The van der Waals surface area contributed by atoms with Crippen LogP contribution in [0.3, 0.4) is 0 Å². The molecular weight excluding hydrogens is 558 g/mol. The average molecular weight is 598 g/mol. The highest BCUT2D eigenvalue weighted by Gasteiger charge is 2.55. The molecule has 4 aromatic rings. The Morgan fingerprint density at radius 2 is 1.37 bits per heavy atom. The lowest BCUT2D eigenvalue weighted by molar-refractivity contribution is -0.0879. The first-order chi connectivity index (χ1) is 21.2. The largest absolute Gasteiger partial charge is 0.467 e. The molecule has 8 heteroatoms. The number of imidazole rings is 1. The number of thiocarbonyl (C=S) groups is 1. The Kier molecular flexibility index (Phi) is 9.92. The molecule has 0 N–H and O–H groups in total. The quantitative estimate of drug-likeness (QED) is 0.196. The van der Waals surface area contributed by atoms with Crippen LogP contribution in [0.5, 0.6) is 0 Å². The van der Waals surface area contributed by atoms with Crippen molar-refractivity contribution in [2.75, 3.05) is 6.61 Å². The van der Waals surface area contributed by atoms with E-state index in [9.17, 15) is 0 Å². The monoisotopic (exact) mass is 597 g/mol. The van der Waals surface area contributed by atoms with E-state index in [4.69, 9.17) is 31.2 Å². The zero-order valence-corrected chi connectivity index (χ0v) is 25.3. The molecule has 0 spiro atoms. The van der Waals surface area contributed by atoms with Crippen molar-refractivity contribution in [3.63, 3.8) is 0 Å². The second-order valence-electron chi connectivity index (χ2n) is 11.4. The van der Waals surface area contributed by atoms with Crippen LogP contribution in [0.2, 0.25) is 0 Å². The van der Waals surface area contributed by atoms with E-state index < -0.39 is 0 Å². The van der Waals surface area contributed by atoms with Gasteiger partial charge in [0.05, 0.1) is 32.5 Å². The first kappa shape index (κ1) is 29.7. The summed E-state index contributed by atoms with van der Waals surface area (Å²) in [5, 5.41) is 0.419. The van der Waals surface area contributed by atoms with Crippen LogP contribution < -0.4 is 0 Å². The molecule has 6 rings (SSSR count). The number of rotatable bonds is 11. The van der Waals surface area contributed by atoms with Gasteiger partial charge in [-0.1, -0.05) is 91.0 Å². The van der Waals surface area contributed by atoms with Gasteiger partial charge in [0.2, 0.25) is 0 Å². The number of nitrogens with zero attached hydrogens (tertiary/aromatic N) is 3. The molecule has 2 fully saturated rings. The number of benzene rings is 3. The SMILES string of the molecule is C[C@@H]1C[C@H](OC(=S)n2ccnc2)C[C@@H]2[C@@H](OCc3ccccc3)[C@H](OCc3ccccc3)[C@@H](COCc3ccccc3)N12. The number of hydrogen-bond donors (Lipinski definition) is 0. The van der Waals surface area contributed by atoms with Crippen molar-refractivity contribution in [2.45, 2.75) is 76.0 Å². The summed E-state index contributed by atoms with van der Waals surface area (Å²) in [6.07, 6.45) is 6.41. The van der Waals surface area contributed by atoms with Gasteiger partial charge in [-0.25, -0.2) is 4.98 Å². The Morgan fingerprint density at radius 1 is 0.791 bits per heavy atom. The Hall–Kier alpha value is -3.40. The molecule has 0 bridgehead atoms. The molecule has 0 amide bonds. The summed E-state index contributed by atoms with van der Waals surface area (Å²) in [4.78, 5) is 6.69. The van der Waals surface area contributed by atoms with Gasteiger partial charge in [0.25, 0.3) is 5.17 Å². The predicted molar refractivity (Wildman–Crippen MR) is 169 cm³/mol. The zero-order valence-electron chi connectivity index (χ0n) is 24.5. The molecule has 3 heterocycles. The number of aromatic nitrogens is 2. The summed E-state index contributed by atoms with van der Waals surface area (Å²) in [5.41, 5.74) is 3.43. The molecule has 2 aliphatic rings. The molecule has 1 aromatic heterocycles. The normalized spacial score (nSPS) is 25.3. The van der Waals surface area contributed by atoms with Crippen molar-refractivity contribution in [1.82, 2.24) is 14.5 Å². The molecule has 0 aliphatic carbocycles. The number of ether oxygens (including phenoxy) is 4. The standard InChI is InChI=1S/C35H39N3O4S/c1-26-19-30(42-35(43)37-18-17-36-25-37)20-31-33(40-22-28-13-7-3-8-14-28)34(41-23-29-15-9-4-10-16-29)32(38(26)31)24-39-21-27-11-5-2-6-12-27/h2-18,25-26,30-34H,19-24H2,1H3/t26-,30+,31-,32-,33-,34-/m1/s1. The minimum Gasteiger partial charge on any atom is -0.467 e. The van der Waals surface area contributed by atoms with Gasteiger partial charge >= 0.3 is 0 Å². The van der Waals surface area contributed by atoms with Crippen molar-refractivity contribution in [3.05, 3.63) is 126 Å². The average Bonchev–Trinajstić information content (AvgIpc) is 3.68. The molecule has 224 valence electrons. The highest BCUT2D eigenvalue weighted by molar-refractivity contribution is 7.80. The second kappa shape index (κ2) is 14.4. The topological polar surface area (TPSA) is 58.0 Å². The second-order valence-corrected chi connectivity index (χ2v) is 11.8. The highest BCUT2D eigenvalue weighted by atomic mass is 32.1. The summed E-state index contributed by atoms with van der Waals surface area (Å²) in [7, 11) is 0. The Balaban J connectivity index is 1.25. The Morgan fingerprint density at radius 3 is 1.95 bits per heavy atom. The van der Waals surface area contributed by atoms with E-state index in [0.717, 1.165) is 29.5 Å². The molecule has 7 nitrogen and oxygen atoms in total. The number of piperidine rings is 1. The fraction of sp³-hybridized carbons (Fsp3) is 0.371. The third-order valence-corrected chi connectivity index (χ3v) is 8.73. The van der Waals surface area contributed by atoms with Crippen LogP contribution in [0, 0.1) is 0 Å². The summed E-state index contributed by atoms with van der Waals surface area (Å²) < 4.78 is 28.1. The van der Waals surface area contributed by atoms with Crippen LogP contribution in [0.25, 0.3) is 0 Å². The lowest BCUT2D eigenvalue weighted by Gasteiger charge is -2.43. The smallest absolute Gasteiger partial charge is 0.269 e. The summed E-state index contributed by atoms with van der Waals surface area (Å²) in [6, 6.07) is 31.3. The van der Waals surface area contributed by atoms with Gasteiger partial charge in [-0.05, 0) is 42.3 Å². The van der Waals surface area contributed by atoms with E-state index in [1.54, 1.807) is 17.1 Å². The first-order valence-corrected chi connectivity index (χ1v) is 15.5. The van der Waals surface area contributed by atoms with E-state index in [1.807, 2.05) is 60.8 Å². The van der Waals surface area contributed by atoms with E-state index in [2.05, 4.69) is 53.2 Å².